The van der Waals surface area contributed by atoms with Crippen LogP contribution in [0.1, 0.15) is 12.5 Å². The average Bonchev–Trinajstić information content (AvgIpc) is 2.59. The number of hydrogen-bond acceptors (Lipinski definition) is 4. The Morgan fingerprint density at radius 3 is 2.35 bits per heavy atom. The molecule has 0 N–H and O–H groups in total. The van der Waals surface area contributed by atoms with E-state index in [0.717, 1.165) is 5.56 Å². The Bertz CT molecular complexity index is 871. The van der Waals surface area contributed by atoms with Gasteiger partial charge in [0, 0.05) is 29.6 Å². The van der Waals surface area contributed by atoms with Crippen molar-refractivity contribution in [3.05, 3.63) is 69.2 Å². The quantitative estimate of drug-likeness (QED) is 0.368. The van der Waals surface area contributed by atoms with Crippen LogP contribution < -0.4 is 0 Å². The van der Waals surface area contributed by atoms with Gasteiger partial charge < -0.3 is 0 Å². The van der Waals surface area contributed by atoms with E-state index in [1.165, 1.54) is 28.6 Å². The third-order valence-electron chi connectivity index (χ3n) is 3.70. The molecule has 0 saturated carbocycles. The molecule has 0 aliphatic rings. The first-order valence-electron chi connectivity index (χ1n) is 7.84. The maximum atomic E-state index is 13.0. The fourth-order valence-electron chi connectivity index (χ4n) is 2.46. The summed E-state index contributed by atoms with van der Waals surface area (Å²) in [6.07, 6.45) is 0.431. The van der Waals surface area contributed by atoms with Crippen LogP contribution in [0.25, 0.3) is 0 Å². The maximum Gasteiger partial charge on any atom is 0.289 e. The first-order valence-corrected chi connectivity index (χ1v) is 10.1. The van der Waals surface area contributed by atoms with Gasteiger partial charge in [0.05, 0.1) is 4.92 Å². The van der Waals surface area contributed by atoms with Crippen LogP contribution in [-0.2, 0) is 16.4 Å². The lowest BCUT2D eigenvalue weighted by Gasteiger charge is -2.23. The second-order valence-corrected chi connectivity index (χ2v) is 8.83. The lowest BCUT2D eigenvalue weighted by Crippen LogP contribution is -2.37. The summed E-state index contributed by atoms with van der Waals surface area (Å²) in [6, 6.07) is 12.4. The van der Waals surface area contributed by atoms with Gasteiger partial charge in [-0.1, -0.05) is 35.9 Å². The predicted molar refractivity (Wildman–Crippen MR) is 102 cm³/mol. The Labute approximate surface area is 162 Å². The molecule has 0 bridgehead atoms. The molecule has 140 valence electrons. The topological polar surface area (TPSA) is 80.5 Å². The van der Waals surface area contributed by atoms with Crippen molar-refractivity contribution >= 4 is 38.9 Å². The molecule has 0 spiro atoms. The van der Waals surface area contributed by atoms with Crippen molar-refractivity contribution < 1.29 is 13.3 Å². The number of hydrogen-bond donors (Lipinski definition) is 0. The van der Waals surface area contributed by atoms with Crippen molar-refractivity contribution in [1.82, 2.24) is 4.31 Å². The summed E-state index contributed by atoms with van der Waals surface area (Å²) in [5, 5.41) is 11.4. The average molecular weight is 417 g/mol. The molecule has 0 aliphatic carbocycles. The van der Waals surface area contributed by atoms with Crippen LogP contribution in [0.15, 0.2) is 53.4 Å². The SMILES string of the molecule is CC(Cl)CN(CCc1ccc(Cl)cc1)S(=O)(=O)c1ccccc1[N+](=O)[O-]. The highest BCUT2D eigenvalue weighted by atomic mass is 35.5. The first kappa shape index (κ1) is 20.6. The Morgan fingerprint density at radius 1 is 1.15 bits per heavy atom. The van der Waals surface area contributed by atoms with Crippen LogP contribution in [0.5, 0.6) is 0 Å². The highest BCUT2D eigenvalue weighted by Crippen LogP contribution is 2.27. The Morgan fingerprint density at radius 2 is 1.77 bits per heavy atom. The van der Waals surface area contributed by atoms with Crippen molar-refractivity contribution in [2.45, 2.75) is 23.6 Å². The lowest BCUT2D eigenvalue weighted by atomic mass is 10.1. The summed E-state index contributed by atoms with van der Waals surface area (Å²) in [5.74, 6) is 0. The number of benzene rings is 2. The van der Waals surface area contributed by atoms with Gasteiger partial charge in [-0.15, -0.1) is 11.6 Å². The van der Waals surface area contributed by atoms with Gasteiger partial charge in [0.2, 0.25) is 10.0 Å². The second-order valence-electron chi connectivity index (χ2n) is 5.75. The summed E-state index contributed by atoms with van der Waals surface area (Å²) in [4.78, 5) is 10.2. The highest BCUT2D eigenvalue weighted by molar-refractivity contribution is 7.89. The van der Waals surface area contributed by atoms with Gasteiger partial charge in [-0.3, -0.25) is 10.1 Å². The molecule has 1 unspecified atom stereocenters. The Kier molecular flexibility index (Phi) is 7.00. The molecule has 0 amide bonds. The maximum absolute atomic E-state index is 13.0. The Hall–Kier alpha value is -1.67. The van der Waals surface area contributed by atoms with E-state index < -0.39 is 26.0 Å². The number of halogens is 2. The molecule has 26 heavy (non-hydrogen) atoms. The van der Waals surface area contributed by atoms with Crippen LogP contribution in [0.3, 0.4) is 0 Å². The molecule has 2 aromatic carbocycles. The molecule has 0 aliphatic heterocycles. The van der Waals surface area contributed by atoms with Crippen molar-refractivity contribution in [3.63, 3.8) is 0 Å². The smallest absolute Gasteiger partial charge is 0.258 e. The van der Waals surface area contributed by atoms with Crippen LogP contribution >= 0.6 is 23.2 Å². The molecule has 6 nitrogen and oxygen atoms in total. The summed E-state index contributed by atoms with van der Waals surface area (Å²) >= 11 is 11.9. The molecular weight excluding hydrogens is 399 g/mol. The lowest BCUT2D eigenvalue weighted by molar-refractivity contribution is -0.387. The molecule has 1 atom stereocenters. The number of alkyl halides is 1. The van der Waals surface area contributed by atoms with E-state index in [-0.39, 0.29) is 18.0 Å². The first-order chi connectivity index (χ1) is 12.2. The minimum Gasteiger partial charge on any atom is -0.258 e. The zero-order chi connectivity index (χ0) is 19.3. The van der Waals surface area contributed by atoms with E-state index in [4.69, 9.17) is 23.2 Å². The van der Waals surface area contributed by atoms with E-state index in [2.05, 4.69) is 0 Å². The van der Waals surface area contributed by atoms with Crippen molar-refractivity contribution in [2.75, 3.05) is 13.1 Å². The molecule has 0 heterocycles. The molecule has 2 aromatic rings. The standard InChI is InChI=1S/C17H18Cl2N2O4S/c1-13(18)12-20(11-10-14-6-8-15(19)9-7-14)26(24,25)17-5-3-2-4-16(17)21(22)23/h2-9,13H,10-12H2,1H3. The zero-order valence-corrected chi connectivity index (χ0v) is 16.3. The molecule has 0 saturated heterocycles. The summed E-state index contributed by atoms with van der Waals surface area (Å²) in [5.41, 5.74) is 0.450. The van der Waals surface area contributed by atoms with Crippen LogP contribution in [0.2, 0.25) is 5.02 Å². The fourth-order valence-corrected chi connectivity index (χ4v) is 4.52. The van der Waals surface area contributed by atoms with Crippen LogP contribution in [0.4, 0.5) is 5.69 Å². The Balaban J connectivity index is 2.32. The fraction of sp³-hybridized carbons (Fsp3) is 0.294. The van der Waals surface area contributed by atoms with Gasteiger partial charge in [-0.05, 0) is 37.1 Å². The van der Waals surface area contributed by atoms with Gasteiger partial charge >= 0.3 is 0 Å². The minimum absolute atomic E-state index is 0.0452. The molecule has 2 rings (SSSR count). The predicted octanol–water partition coefficient (Wildman–Crippen LogP) is 4.11. The number of nitrogens with zero attached hydrogens (tertiary/aromatic N) is 2. The summed E-state index contributed by atoms with van der Waals surface area (Å²) < 4.78 is 27.2. The molecule has 9 heteroatoms. The summed E-state index contributed by atoms with van der Waals surface area (Å²) in [7, 11) is -4.07. The largest absolute Gasteiger partial charge is 0.289 e. The van der Waals surface area contributed by atoms with Crippen molar-refractivity contribution in [3.8, 4) is 0 Å². The number of nitro benzene ring substituents is 1. The third kappa shape index (κ3) is 5.17. The third-order valence-corrected chi connectivity index (χ3v) is 6.00. The monoisotopic (exact) mass is 416 g/mol. The van der Waals surface area contributed by atoms with Gasteiger partial charge in [-0.2, -0.15) is 4.31 Å². The van der Waals surface area contributed by atoms with E-state index in [9.17, 15) is 18.5 Å². The highest BCUT2D eigenvalue weighted by Gasteiger charge is 2.31. The zero-order valence-electron chi connectivity index (χ0n) is 14.0. The van der Waals surface area contributed by atoms with Gasteiger partial charge in [0.1, 0.15) is 0 Å². The van der Waals surface area contributed by atoms with Gasteiger partial charge in [0.15, 0.2) is 4.90 Å². The van der Waals surface area contributed by atoms with Crippen LogP contribution in [0, 0.1) is 10.1 Å². The number of rotatable bonds is 8. The summed E-state index contributed by atoms with van der Waals surface area (Å²) in [6.45, 7) is 1.86. The molecule has 0 radical (unpaired) electrons. The van der Waals surface area contributed by atoms with E-state index in [1.54, 1.807) is 19.1 Å². The van der Waals surface area contributed by atoms with E-state index in [0.29, 0.717) is 11.4 Å². The molecular formula is C17H18Cl2N2O4S. The second kappa shape index (κ2) is 8.81. The normalized spacial score (nSPS) is 12.9. The van der Waals surface area contributed by atoms with Gasteiger partial charge in [-0.25, -0.2) is 8.42 Å². The van der Waals surface area contributed by atoms with E-state index >= 15 is 0 Å². The minimum atomic E-state index is -4.07. The number of para-hydroxylation sites is 1. The molecule has 0 fully saturated rings. The van der Waals surface area contributed by atoms with Crippen molar-refractivity contribution in [2.24, 2.45) is 0 Å². The molecule has 0 aromatic heterocycles. The van der Waals surface area contributed by atoms with Gasteiger partial charge in [0.25, 0.3) is 5.69 Å². The number of sulfonamides is 1. The van der Waals surface area contributed by atoms with Crippen molar-refractivity contribution in [1.29, 1.82) is 0 Å². The van der Waals surface area contributed by atoms with Crippen LogP contribution in [-0.4, -0.2) is 36.1 Å². The van der Waals surface area contributed by atoms with E-state index in [1.807, 2.05) is 12.1 Å². The number of nitro groups is 1.